The zero-order chi connectivity index (χ0) is 19.6. The molecule has 2 aliphatic carbocycles. The summed E-state index contributed by atoms with van der Waals surface area (Å²) < 4.78 is 5.66. The van der Waals surface area contributed by atoms with Crippen molar-refractivity contribution in [1.82, 2.24) is 4.90 Å². The fourth-order valence-electron chi connectivity index (χ4n) is 5.87. The zero-order valence-corrected chi connectivity index (χ0v) is 17.2. The van der Waals surface area contributed by atoms with Gasteiger partial charge in [-0.05, 0) is 87.3 Å². The van der Waals surface area contributed by atoms with Crippen LogP contribution in [0.1, 0.15) is 69.3 Å². The maximum Gasteiger partial charge on any atom is 0.305 e. The summed E-state index contributed by atoms with van der Waals surface area (Å²) in [6.45, 7) is 2.91. The van der Waals surface area contributed by atoms with Gasteiger partial charge in [0.1, 0.15) is 0 Å². The van der Waals surface area contributed by atoms with E-state index in [9.17, 15) is 9.90 Å². The minimum absolute atomic E-state index is 0.0556. The molecule has 0 spiro atoms. The highest BCUT2D eigenvalue weighted by Gasteiger charge is 2.48. The van der Waals surface area contributed by atoms with E-state index in [1.54, 1.807) is 0 Å². The average Bonchev–Trinajstić information content (AvgIpc) is 3.45. The number of carboxylic acid groups (broad SMARTS) is 1. The molecule has 0 radical (unpaired) electrons. The Kier molecular flexibility index (Phi) is 5.80. The highest BCUT2D eigenvalue weighted by molar-refractivity contribution is 5.68. The third-order valence-electron chi connectivity index (χ3n) is 7.91. The zero-order valence-electron chi connectivity index (χ0n) is 17.2. The van der Waals surface area contributed by atoms with Crippen LogP contribution in [0.5, 0.6) is 0 Å². The molecule has 1 N–H and O–H groups in total. The number of benzene rings is 1. The molecule has 4 rings (SSSR count). The van der Waals surface area contributed by atoms with Crippen molar-refractivity contribution in [2.75, 3.05) is 26.8 Å². The number of nitrogens with zero attached hydrogens (tertiary/aromatic N) is 1. The molecule has 1 heterocycles. The molecule has 1 unspecified atom stereocenters. The topological polar surface area (TPSA) is 49.8 Å². The predicted octanol–water partition coefficient (Wildman–Crippen LogP) is 4.70. The molecule has 2 saturated carbocycles. The molecule has 28 heavy (non-hydrogen) atoms. The number of methoxy groups -OCH3 is 1. The van der Waals surface area contributed by atoms with Crippen LogP contribution in [0.15, 0.2) is 30.3 Å². The van der Waals surface area contributed by atoms with E-state index in [4.69, 9.17) is 4.74 Å². The first kappa shape index (κ1) is 19.9. The lowest BCUT2D eigenvalue weighted by molar-refractivity contribution is -0.144. The summed E-state index contributed by atoms with van der Waals surface area (Å²) in [5.74, 6) is 0.947. The SMILES string of the molecule is COCC1(CC[C@@H]2CC2c2ccccc2)CCN(C2(CC(=O)O)CCC2)CC1. The third-order valence-corrected chi connectivity index (χ3v) is 7.91. The normalized spacial score (nSPS) is 28.5. The number of hydrogen-bond acceptors (Lipinski definition) is 3. The van der Waals surface area contributed by atoms with E-state index < -0.39 is 5.97 Å². The van der Waals surface area contributed by atoms with E-state index in [-0.39, 0.29) is 11.0 Å². The molecule has 2 atom stereocenters. The maximum absolute atomic E-state index is 11.4. The van der Waals surface area contributed by atoms with Crippen LogP contribution in [-0.2, 0) is 9.53 Å². The van der Waals surface area contributed by atoms with Crippen molar-refractivity contribution in [1.29, 1.82) is 0 Å². The number of ether oxygens (including phenoxy) is 1. The number of aliphatic carboxylic acids is 1. The van der Waals surface area contributed by atoms with Gasteiger partial charge in [0.25, 0.3) is 0 Å². The quantitative estimate of drug-likeness (QED) is 0.670. The summed E-state index contributed by atoms with van der Waals surface area (Å²) in [7, 11) is 1.83. The molecule has 1 aliphatic heterocycles. The average molecular weight is 386 g/mol. The Balaban J connectivity index is 1.32. The molecule has 3 fully saturated rings. The number of hydrogen-bond donors (Lipinski definition) is 1. The highest BCUT2D eigenvalue weighted by Crippen LogP contribution is 2.53. The van der Waals surface area contributed by atoms with Crippen LogP contribution < -0.4 is 0 Å². The van der Waals surface area contributed by atoms with Crippen molar-refractivity contribution in [2.24, 2.45) is 11.3 Å². The van der Waals surface area contributed by atoms with E-state index in [0.717, 1.165) is 57.2 Å². The monoisotopic (exact) mass is 385 g/mol. The molecule has 4 nitrogen and oxygen atoms in total. The lowest BCUT2D eigenvalue weighted by Crippen LogP contribution is -2.58. The highest BCUT2D eigenvalue weighted by atomic mass is 16.5. The maximum atomic E-state index is 11.4. The second-order valence-corrected chi connectivity index (χ2v) is 9.62. The van der Waals surface area contributed by atoms with Crippen LogP contribution in [0.3, 0.4) is 0 Å². The largest absolute Gasteiger partial charge is 0.481 e. The Labute approximate surface area is 169 Å². The Bertz CT molecular complexity index is 662. The van der Waals surface area contributed by atoms with Gasteiger partial charge in [-0.15, -0.1) is 0 Å². The molecule has 0 amide bonds. The molecule has 0 bridgehead atoms. The minimum atomic E-state index is -0.644. The number of piperidine rings is 1. The molecular formula is C24H35NO3. The molecule has 1 aromatic rings. The van der Waals surface area contributed by atoms with Crippen molar-refractivity contribution in [3.63, 3.8) is 0 Å². The van der Waals surface area contributed by atoms with Crippen molar-refractivity contribution in [2.45, 2.75) is 69.2 Å². The van der Waals surface area contributed by atoms with Crippen molar-refractivity contribution < 1.29 is 14.6 Å². The Morgan fingerprint density at radius 3 is 2.46 bits per heavy atom. The predicted molar refractivity (Wildman–Crippen MR) is 110 cm³/mol. The standard InChI is InChI=1S/C24H35NO3/c1-28-18-23(11-8-20-16-21(20)19-6-3-2-4-7-19)12-14-25(15-13-23)24(9-5-10-24)17-22(26)27/h2-4,6-7,20-21H,5,8-18H2,1H3,(H,26,27)/t20-,21?/m1/s1. The lowest BCUT2D eigenvalue weighted by Gasteiger charge is -2.54. The third kappa shape index (κ3) is 4.13. The summed E-state index contributed by atoms with van der Waals surface area (Å²) in [5, 5.41) is 9.36. The van der Waals surface area contributed by atoms with Gasteiger partial charge >= 0.3 is 5.97 Å². The van der Waals surface area contributed by atoms with Crippen molar-refractivity contribution in [3.8, 4) is 0 Å². The van der Waals surface area contributed by atoms with E-state index in [1.807, 2.05) is 7.11 Å². The Morgan fingerprint density at radius 2 is 1.89 bits per heavy atom. The lowest BCUT2D eigenvalue weighted by atomic mass is 9.69. The second-order valence-electron chi connectivity index (χ2n) is 9.62. The molecule has 1 aromatic carbocycles. The Morgan fingerprint density at radius 1 is 1.18 bits per heavy atom. The van der Waals surface area contributed by atoms with E-state index in [0.29, 0.717) is 6.42 Å². The summed E-state index contributed by atoms with van der Waals surface area (Å²) in [6.07, 6.45) is 9.75. The van der Waals surface area contributed by atoms with E-state index in [1.165, 1.54) is 31.2 Å². The first-order valence-electron chi connectivity index (χ1n) is 11.1. The summed E-state index contributed by atoms with van der Waals surface area (Å²) >= 11 is 0. The van der Waals surface area contributed by atoms with Crippen molar-refractivity contribution >= 4 is 5.97 Å². The number of carbonyl (C=O) groups is 1. The first-order valence-corrected chi connectivity index (χ1v) is 11.1. The number of rotatable bonds is 9. The summed E-state index contributed by atoms with van der Waals surface area (Å²) in [5.41, 5.74) is 1.73. The van der Waals surface area contributed by atoms with Gasteiger partial charge < -0.3 is 9.84 Å². The van der Waals surface area contributed by atoms with Crippen LogP contribution in [0.2, 0.25) is 0 Å². The fraction of sp³-hybridized carbons (Fsp3) is 0.708. The van der Waals surface area contributed by atoms with Crippen LogP contribution in [0, 0.1) is 11.3 Å². The van der Waals surface area contributed by atoms with Gasteiger partial charge in [-0.25, -0.2) is 0 Å². The molecule has 154 valence electrons. The Hall–Kier alpha value is -1.39. The van der Waals surface area contributed by atoms with Gasteiger partial charge in [0.15, 0.2) is 0 Å². The van der Waals surface area contributed by atoms with Gasteiger partial charge in [-0.2, -0.15) is 0 Å². The van der Waals surface area contributed by atoms with Gasteiger partial charge in [0, 0.05) is 12.6 Å². The molecular weight excluding hydrogens is 350 g/mol. The second kappa shape index (κ2) is 8.16. The molecule has 3 aliphatic rings. The van der Waals surface area contributed by atoms with Gasteiger partial charge in [-0.1, -0.05) is 30.3 Å². The minimum Gasteiger partial charge on any atom is -0.481 e. The summed E-state index contributed by atoms with van der Waals surface area (Å²) in [4.78, 5) is 13.9. The van der Waals surface area contributed by atoms with Gasteiger partial charge in [0.2, 0.25) is 0 Å². The van der Waals surface area contributed by atoms with Gasteiger partial charge in [0.05, 0.1) is 13.0 Å². The number of carboxylic acids is 1. The van der Waals surface area contributed by atoms with Crippen LogP contribution in [0.4, 0.5) is 0 Å². The van der Waals surface area contributed by atoms with Crippen LogP contribution in [-0.4, -0.2) is 48.3 Å². The van der Waals surface area contributed by atoms with E-state index >= 15 is 0 Å². The first-order chi connectivity index (χ1) is 13.6. The molecule has 1 saturated heterocycles. The molecule has 4 heteroatoms. The number of likely N-dealkylation sites (tertiary alicyclic amines) is 1. The smallest absolute Gasteiger partial charge is 0.305 e. The molecule has 0 aromatic heterocycles. The van der Waals surface area contributed by atoms with Gasteiger partial charge in [-0.3, -0.25) is 9.69 Å². The van der Waals surface area contributed by atoms with E-state index in [2.05, 4.69) is 35.2 Å². The summed E-state index contributed by atoms with van der Waals surface area (Å²) in [6, 6.07) is 10.9. The fourth-order valence-corrected chi connectivity index (χ4v) is 5.87. The van der Waals surface area contributed by atoms with Crippen LogP contribution >= 0.6 is 0 Å². The van der Waals surface area contributed by atoms with Crippen molar-refractivity contribution in [3.05, 3.63) is 35.9 Å². The van der Waals surface area contributed by atoms with Crippen LogP contribution in [0.25, 0.3) is 0 Å².